The van der Waals surface area contributed by atoms with Gasteiger partial charge in [0, 0.05) is 18.3 Å². The van der Waals surface area contributed by atoms with E-state index in [0.717, 1.165) is 17.0 Å². The second-order valence-corrected chi connectivity index (χ2v) is 5.82. The van der Waals surface area contributed by atoms with E-state index in [4.69, 9.17) is 4.42 Å². The first-order valence-electron chi connectivity index (χ1n) is 7.65. The van der Waals surface area contributed by atoms with Gasteiger partial charge in [0.1, 0.15) is 5.76 Å². The number of furan rings is 1. The second-order valence-electron chi connectivity index (χ2n) is 5.82. The minimum atomic E-state index is -0.0831. The zero-order valence-corrected chi connectivity index (χ0v) is 12.9. The van der Waals surface area contributed by atoms with Gasteiger partial charge in [-0.05, 0) is 44.4 Å². The van der Waals surface area contributed by atoms with Gasteiger partial charge in [0.05, 0.1) is 24.5 Å². The molecule has 1 saturated carbocycles. The number of aromatic nitrogens is 2. The molecule has 5 heteroatoms. The van der Waals surface area contributed by atoms with Crippen molar-refractivity contribution in [3.05, 3.63) is 54.3 Å². The number of carbonyl (C=O) groups is 1. The lowest BCUT2D eigenvalue weighted by Gasteiger charge is -2.29. The van der Waals surface area contributed by atoms with Crippen molar-refractivity contribution in [2.45, 2.75) is 45.3 Å². The van der Waals surface area contributed by atoms with Crippen molar-refractivity contribution in [3.8, 4) is 0 Å². The molecular formula is C17H21N3O2. The predicted molar refractivity (Wildman–Crippen MR) is 83.0 cm³/mol. The molecule has 1 amide bonds. The van der Waals surface area contributed by atoms with Crippen LogP contribution in [0, 0.1) is 6.92 Å². The van der Waals surface area contributed by atoms with Gasteiger partial charge in [0.25, 0.3) is 0 Å². The molecule has 0 saturated heterocycles. The molecule has 0 N–H and O–H groups in total. The molecule has 2 aromatic heterocycles. The molecule has 1 aliphatic carbocycles. The van der Waals surface area contributed by atoms with Crippen LogP contribution in [0.4, 0.5) is 0 Å². The molecule has 0 unspecified atom stereocenters. The quantitative estimate of drug-likeness (QED) is 0.770. The Bertz CT molecular complexity index is 667. The van der Waals surface area contributed by atoms with E-state index in [1.807, 2.05) is 25.3 Å². The summed E-state index contributed by atoms with van der Waals surface area (Å²) in [5, 5.41) is 4.42. The van der Waals surface area contributed by atoms with Crippen molar-refractivity contribution in [1.29, 1.82) is 0 Å². The number of hydrogen-bond donors (Lipinski definition) is 0. The molecule has 2 heterocycles. The van der Waals surface area contributed by atoms with E-state index in [1.54, 1.807) is 11.2 Å². The second kappa shape index (κ2) is 6.22. The van der Waals surface area contributed by atoms with E-state index in [1.165, 1.54) is 25.3 Å². The first-order chi connectivity index (χ1) is 10.7. The zero-order valence-electron chi connectivity index (χ0n) is 12.9. The summed E-state index contributed by atoms with van der Waals surface area (Å²) in [5.74, 6) is 0.765. The topological polar surface area (TPSA) is 51.3 Å². The monoisotopic (exact) mass is 299 g/mol. The molecule has 0 aromatic carbocycles. The van der Waals surface area contributed by atoms with Gasteiger partial charge in [0.2, 0.25) is 5.91 Å². The Morgan fingerprint density at radius 2 is 2.36 bits per heavy atom. The number of carbonyl (C=O) groups excluding carboxylic acids is 1. The fraction of sp³-hybridized carbons (Fsp3) is 0.412. The average Bonchev–Trinajstić information content (AvgIpc) is 3.05. The third kappa shape index (κ3) is 2.98. The van der Waals surface area contributed by atoms with Crippen LogP contribution >= 0.6 is 0 Å². The van der Waals surface area contributed by atoms with Crippen LogP contribution in [-0.4, -0.2) is 20.6 Å². The zero-order chi connectivity index (χ0) is 15.5. The molecule has 116 valence electrons. The highest BCUT2D eigenvalue weighted by Gasteiger charge is 2.23. The van der Waals surface area contributed by atoms with Crippen LogP contribution in [0.3, 0.4) is 0 Å². The molecule has 0 atom stereocenters. The third-order valence-electron chi connectivity index (χ3n) is 4.17. The lowest BCUT2D eigenvalue weighted by Crippen LogP contribution is -2.30. The van der Waals surface area contributed by atoms with Gasteiger partial charge in [-0.1, -0.05) is 6.58 Å². The maximum Gasteiger partial charge on any atom is 0.246 e. The van der Waals surface area contributed by atoms with Crippen LogP contribution in [0.25, 0.3) is 0 Å². The van der Waals surface area contributed by atoms with Gasteiger partial charge >= 0.3 is 0 Å². The maximum atomic E-state index is 12.2. The molecule has 2 aromatic rings. The minimum Gasteiger partial charge on any atom is -0.469 e. The summed E-state index contributed by atoms with van der Waals surface area (Å²) in [6.07, 6.45) is 8.47. The number of hydrogen-bond acceptors (Lipinski definition) is 3. The molecule has 1 fully saturated rings. The standard InChI is InChI=1S/C17H21N3O2/c1-3-17(21)19(10-14-9-13(2)22-12-14)11-16-7-8-18-20(16)15-5-4-6-15/h3,7-9,12,15H,1,4-6,10-11H2,2H3. The largest absolute Gasteiger partial charge is 0.469 e. The van der Waals surface area contributed by atoms with Crippen molar-refractivity contribution in [2.75, 3.05) is 0 Å². The van der Waals surface area contributed by atoms with E-state index < -0.39 is 0 Å². The predicted octanol–water partition coefficient (Wildman–Crippen LogP) is 3.22. The lowest BCUT2D eigenvalue weighted by atomic mass is 9.93. The Balaban J connectivity index is 1.76. The van der Waals surface area contributed by atoms with E-state index in [0.29, 0.717) is 19.1 Å². The van der Waals surface area contributed by atoms with Crippen molar-refractivity contribution in [2.24, 2.45) is 0 Å². The first-order valence-corrected chi connectivity index (χ1v) is 7.65. The van der Waals surface area contributed by atoms with Crippen LogP contribution in [-0.2, 0) is 17.9 Å². The Labute approximate surface area is 130 Å². The Morgan fingerprint density at radius 3 is 2.95 bits per heavy atom. The summed E-state index contributed by atoms with van der Waals surface area (Å²) in [4.78, 5) is 13.9. The first kappa shape index (κ1) is 14.6. The van der Waals surface area contributed by atoms with Crippen molar-refractivity contribution in [3.63, 3.8) is 0 Å². The lowest BCUT2D eigenvalue weighted by molar-refractivity contribution is -0.127. The van der Waals surface area contributed by atoms with Gasteiger partial charge in [0.15, 0.2) is 0 Å². The molecule has 5 nitrogen and oxygen atoms in total. The van der Waals surface area contributed by atoms with Gasteiger partial charge in [-0.15, -0.1) is 0 Å². The van der Waals surface area contributed by atoms with Crippen LogP contribution < -0.4 is 0 Å². The smallest absolute Gasteiger partial charge is 0.246 e. The molecule has 0 radical (unpaired) electrons. The Morgan fingerprint density at radius 1 is 1.55 bits per heavy atom. The highest BCUT2D eigenvalue weighted by Crippen LogP contribution is 2.32. The number of aryl methyl sites for hydroxylation is 1. The Hall–Kier alpha value is -2.30. The summed E-state index contributed by atoms with van der Waals surface area (Å²) in [6, 6.07) is 4.43. The summed E-state index contributed by atoms with van der Waals surface area (Å²) in [6.45, 7) is 6.55. The SMILES string of the molecule is C=CC(=O)N(Cc1coc(C)c1)Cc1ccnn1C1CCC1. The summed E-state index contributed by atoms with van der Waals surface area (Å²) < 4.78 is 7.38. The summed E-state index contributed by atoms with van der Waals surface area (Å²) in [7, 11) is 0. The van der Waals surface area contributed by atoms with E-state index in [2.05, 4.69) is 16.4 Å². The normalized spacial score (nSPS) is 14.6. The fourth-order valence-electron chi connectivity index (χ4n) is 2.76. The molecular weight excluding hydrogens is 278 g/mol. The van der Waals surface area contributed by atoms with E-state index >= 15 is 0 Å². The molecule has 1 aliphatic rings. The summed E-state index contributed by atoms with van der Waals surface area (Å²) >= 11 is 0. The highest BCUT2D eigenvalue weighted by molar-refractivity contribution is 5.86. The number of amides is 1. The van der Waals surface area contributed by atoms with E-state index in [9.17, 15) is 4.79 Å². The van der Waals surface area contributed by atoms with Crippen molar-refractivity contribution < 1.29 is 9.21 Å². The van der Waals surface area contributed by atoms with Crippen LogP contribution in [0.5, 0.6) is 0 Å². The van der Waals surface area contributed by atoms with Gasteiger partial charge in [-0.3, -0.25) is 9.48 Å². The van der Waals surface area contributed by atoms with Gasteiger partial charge < -0.3 is 9.32 Å². The van der Waals surface area contributed by atoms with E-state index in [-0.39, 0.29) is 5.91 Å². The fourth-order valence-corrected chi connectivity index (χ4v) is 2.76. The molecule has 0 bridgehead atoms. The number of nitrogens with zero attached hydrogens (tertiary/aromatic N) is 3. The number of rotatable bonds is 6. The highest BCUT2D eigenvalue weighted by atomic mass is 16.3. The van der Waals surface area contributed by atoms with Crippen LogP contribution in [0.1, 0.15) is 42.3 Å². The minimum absolute atomic E-state index is 0.0831. The van der Waals surface area contributed by atoms with Crippen molar-refractivity contribution >= 4 is 5.91 Å². The average molecular weight is 299 g/mol. The molecule has 0 spiro atoms. The van der Waals surface area contributed by atoms with Gasteiger partial charge in [-0.25, -0.2) is 0 Å². The maximum absolute atomic E-state index is 12.2. The van der Waals surface area contributed by atoms with Crippen LogP contribution in [0.15, 0.2) is 41.7 Å². The van der Waals surface area contributed by atoms with Gasteiger partial charge in [-0.2, -0.15) is 5.10 Å². The Kier molecular flexibility index (Phi) is 4.13. The summed E-state index contributed by atoms with van der Waals surface area (Å²) in [5.41, 5.74) is 2.06. The van der Waals surface area contributed by atoms with Crippen molar-refractivity contribution in [1.82, 2.24) is 14.7 Å². The molecule has 22 heavy (non-hydrogen) atoms. The van der Waals surface area contributed by atoms with Crippen LogP contribution in [0.2, 0.25) is 0 Å². The third-order valence-corrected chi connectivity index (χ3v) is 4.17. The molecule has 3 rings (SSSR count). The molecule has 0 aliphatic heterocycles.